The fraction of sp³-hybridized carbons (Fsp3) is 0.217. The number of aryl methyl sites for hydroxylation is 1. The summed E-state index contributed by atoms with van der Waals surface area (Å²) in [6.07, 6.45) is 1.83. The van der Waals surface area contributed by atoms with Gasteiger partial charge >= 0.3 is 0 Å². The molecule has 0 fully saturated rings. The normalized spacial score (nSPS) is 13.5. The molecule has 0 aromatic heterocycles. The van der Waals surface area contributed by atoms with E-state index in [0.29, 0.717) is 11.8 Å². The van der Waals surface area contributed by atoms with Gasteiger partial charge < -0.3 is 4.74 Å². The minimum atomic E-state index is 0.294. The quantitative estimate of drug-likeness (QED) is 0.385. The lowest BCUT2D eigenvalue weighted by molar-refractivity contribution is 0.457. The van der Waals surface area contributed by atoms with Gasteiger partial charge in [0.1, 0.15) is 11.5 Å². The number of alkyl halides is 1. The lowest BCUT2D eigenvalue weighted by Gasteiger charge is -2.28. The zero-order valence-electron chi connectivity index (χ0n) is 14.3. The Balaban J connectivity index is 1.85. The highest BCUT2D eigenvalue weighted by Crippen LogP contribution is 2.43. The van der Waals surface area contributed by atoms with Crippen molar-refractivity contribution < 1.29 is 4.74 Å². The predicted octanol–water partition coefficient (Wildman–Crippen LogP) is 6.45. The molecule has 0 amide bonds. The Hall–Kier alpha value is -2.25. The van der Waals surface area contributed by atoms with Crippen LogP contribution in [0.3, 0.4) is 0 Å². The van der Waals surface area contributed by atoms with E-state index in [2.05, 4.69) is 61.5 Å². The lowest BCUT2D eigenvalue weighted by atomic mass is 9.81. The molecule has 4 rings (SSSR count). The maximum Gasteiger partial charge on any atom is 0.131 e. The van der Waals surface area contributed by atoms with Crippen LogP contribution in [0.1, 0.15) is 40.2 Å². The molecule has 1 aliphatic rings. The van der Waals surface area contributed by atoms with Gasteiger partial charge in [0, 0.05) is 23.8 Å². The van der Waals surface area contributed by atoms with Crippen molar-refractivity contribution in [1.82, 2.24) is 0 Å². The number of ether oxygens (including phenoxy) is 1. The number of halogens is 1. The van der Waals surface area contributed by atoms with Crippen molar-refractivity contribution >= 4 is 11.6 Å². The maximum absolute atomic E-state index is 6.20. The number of hydrogen-bond acceptors (Lipinski definition) is 1. The van der Waals surface area contributed by atoms with Crippen LogP contribution < -0.4 is 4.74 Å². The second-order valence-electron chi connectivity index (χ2n) is 6.60. The average Bonchev–Trinajstić information content (AvgIpc) is 2.66. The Morgan fingerprint density at radius 3 is 2.48 bits per heavy atom. The van der Waals surface area contributed by atoms with E-state index < -0.39 is 0 Å². The van der Waals surface area contributed by atoms with Crippen molar-refractivity contribution in [2.24, 2.45) is 0 Å². The lowest BCUT2D eigenvalue weighted by Crippen LogP contribution is -2.12. The van der Waals surface area contributed by atoms with E-state index in [4.69, 9.17) is 16.3 Å². The molecular weight excluding hydrogens is 328 g/mol. The summed E-state index contributed by atoms with van der Waals surface area (Å²) < 4.78 is 6.20. The zero-order chi connectivity index (χ0) is 17.2. The molecule has 0 bridgehead atoms. The minimum Gasteiger partial charge on any atom is -0.457 e. The first kappa shape index (κ1) is 16.2. The molecule has 3 aromatic rings. The van der Waals surface area contributed by atoms with Gasteiger partial charge in [-0.3, -0.25) is 0 Å². The standard InChI is InChI=1S/C23H21ClO/c1-16-11-12-22-20(15-18-9-5-6-10-21(18)25-22)23(16)19(13-14-24)17-7-3-2-4-8-17/h2-12,19H,13-15H2,1H3/t19-/m0/s1. The molecule has 0 aliphatic carbocycles. The van der Waals surface area contributed by atoms with E-state index in [1.165, 1.54) is 27.8 Å². The Morgan fingerprint density at radius 1 is 0.920 bits per heavy atom. The Morgan fingerprint density at radius 2 is 1.68 bits per heavy atom. The molecule has 1 nitrogen and oxygen atoms in total. The van der Waals surface area contributed by atoms with E-state index in [1.54, 1.807) is 0 Å². The molecule has 25 heavy (non-hydrogen) atoms. The van der Waals surface area contributed by atoms with Crippen LogP contribution in [-0.2, 0) is 6.42 Å². The van der Waals surface area contributed by atoms with Gasteiger partial charge in [0.05, 0.1) is 0 Å². The van der Waals surface area contributed by atoms with E-state index >= 15 is 0 Å². The van der Waals surface area contributed by atoms with Crippen molar-refractivity contribution in [3.8, 4) is 11.5 Å². The summed E-state index contributed by atoms with van der Waals surface area (Å²) in [5, 5.41) is 0. The fourth-order valence-electron chi connectivity index (χ4n) is 3.86. The third-order valence-electron chi connectivity index (χ3n) is 5.04. The van der Waals surface area contributed by atoms with Crippen LogP contribution in [0.4, 0.5) is 0 Å². The first-order chi connectivity index (χ1) is 12.3. The van der Waals surface area contributed by atoms with Crippen molar-refractivity contribution in [2.75, 3.05) is 5.88 Å². The molecular formula is C23H21ClO. The predicted molar refractivity (Wildman–Crippen MR) is 104 cm³/mol. The van der Waals surface area contributed by atoms with Crippen molar-refractivity contribution in [3.05, 3.63) is 94.5 Å². The van der Waals surface area contributed by atoms with Gasteiger partial charge in [-0.25, -0.2) is 0 Å². The molecule has 2 heteroatoms. The number of para-hydroxylation sites is 1. The molecule has 0 saturated heterocycles. The van der Waals surface area contributed by atoms with Crippen LogP contribution in [-0.4, -0.2) is 5.88 Å². The first-order valence-electron chi connectivity index (χ1n) is 8.77. The van der Waals surface area contributed by atoms with Crippen molar-refractivity contribution in [1.29, 1.82) is 0 Å². The van der Waals surface area contributed by atoms with E-state index in [9.17, 15) is 0 Å². The summed E-state index contributed by atoms with van der Waals surface area (Å²) in [7, 11) is 0. The smallest absolute Gasteiger partial charge is 0.131 e. The molecule has 126 valence electrons. The molecule has 0 unspecified atom stereocenters. The third kappa shape index (κ3) is 3.05. The Bertz CT molecular complexity index is 886. The van der Waals surface area contributed by atoms with Gasteiger partial charge in [-0.05, 0) is 47.7 Å². The van der Waals surface area contributed by atoms with E-state index in [1.807, 2.05) is 12.1 Å². The molecule has 0 spiro atoms. The second-order valence-corrected chi connectivity index (χ2v) is 6.98. The number of rotatable bonds is 4. The summed E-state index contributed by atoms with van der Waals surface area (Å²) in [5.74, 6) is 2.89. The van der Waals surface area contributed by atoms with Crippen LogP contribution in [0.5, 0.6) is 11.5 Å². The highest BCUT2D eigenvalue weighted by atomic mass is 35.5. The van der Waals surface area contributed by atoms with Crippen LogP contribution in [0.2, 0.25) is 0 Å². The Kier molecular flexibility index (Phi) is 4.50. The first-order valence-corrected chi connectivity index (χ1v) is 9.30. The molecule has 1 heterocycles. The summed E-state index contributed by atoms with van der Waals surface area (Å²) in [5.41, 5.74) is 6.55. The van der Waals surface area contributed by atoms with Gasteiger partial charge in [-0.1, -0.05) is 54.6 Å². The van der Waals surface area contributed by atoms with Crippen LogP contribution in [0, 0.1) is 6.92 Å². The van der Waals surface area contributed by atoms with Gasteiger partial charge in [0.25, 0.3) is 0 Å². The summed E-state index contributed by atoms with van der Waals surface area (Å²) in [4.78, 5) is 0. The largest absolute Gasteiger partial charge is 0.457 e. The monoisotopic (exact) mass is 348 g/mol. The summed E-state index contributed by atoms with van der Waals surface area (Å²) in [6.45, 7) is 2.19. The van der Waals surface area contributed by atoms with Gasteiger partial charge in [-0.2, -0.15) is 0 Å². The zero-order valence-corrected chi connectivity index (χ0v) is 15.1. The SMILES string of the molecule is Cc1ccc2c(c1[C@@H](CCCl)c1ccccc1)Cc1ccccc1O2. The highest BCUT2D eigenvalue weighted by Gasteiger charge is 2.25. The van der Waals surface area contributed by atoms with Crippen molar-refractivity contribution in [2.45, 2.75) is 25.7 Å². The van der Waals surface area contributed by atoms with Gasteiger partial charge in [-0.15, -0.1) is 11.6 Å². The molecule has 0 radical (unpaired) electrons. The second kappa shape index (κ2) is 6.93. The van der Waals surface area contributed by atoms with E-state index in [-0.39, 0.29) is 0 Å². The van der Waals surface area contributed by atoms with Gasteiger partial charge in [0.2, 0.25) is 0 Å². The average molecular weight is 349 g/mol. The molecule has 1 atom stereocenters. The number of benzene rings is 3. The van der Waals surface area contributed by atoms with Crippen LogP contribution >= 0.6 is 11.6 Å². The number of hydrogen-bond donors (Lipinski definition) is 0. The van der Waals surface area contributed by atoms with Crippen LogP contribution in [0.25, 0.3) is 0 Å². The van der Waals surface area contributed by atoms with Crippen LogP contribution in [0.15, 0.2) is 66.7 Å². The van der Waals surface area contributed by atoms with E-state index in [0.717, 1.165) is 24.3 Å². The third-order valence-corrected chi connectivity index (χ3v) is 5.26. The minimum absolute atomic E-state index is 0.294. The summed E-state index contributed by atoms with van der Waals surface area (Å²) in [6, 6.07) is 23.3. The topological polar surface area (TPSA) is 9.23 Å². The highest BCUT2D eigenvalue weighted by molar-refractivity contribution is 6.17. The Labute approximate surface area is 154 Å². The fourth-order valence-corrected chi connectivity index (χ4v) is 4.07. The molecule has 3 aromatic carbocycles. The maximum atomic E-state index is 6.20. The molecule has 0 saturated carbocycles. The number of fused-ring (bicyclic) bond motifs is 2. The van der Waals surface area contributed by atoms with Gasteiger partial charge in [0.15, 0.2) is 0 Å². The molecule has 1 aliphatic heterocycles. The summed E-state index contributed by atoms with van der Waals surface area (Å²) >= 11 is 6.18. The molecule has 0 N–H and O–H groups in total. The van der Waals surface area contributed by atoms with Crippen molar-refractivity contribution in [3.63, 3.8) is 0 Å².